The summed E-state index contributed by atoms with van der Waals surface area (Å²) in [5.74, 6) is -0.256. The molecule has 13 heavy (non-hydrogen) atoms. The van der Waals surface area contributed by atoms with Crippen LogP contribution in [0.5, 0.6) is 0 Å². The second-order valence-corrected chi connectivity index (χ2v) is 3.47. The molecule has 1 rings (SSSR count). The van der Waals surface area contributed by atoms with Crippen molar-refractivity contribution in [1.29, 1.82) is 0 Å². The van der Waals surface area contributed by atoms with Crippen molar-refractivity contribution in [2.75, 3.05) is 0 Å². The zero-order valence-corrected chi connectivity index (χ0v) is 8.20. The molecule has 0 aliphatic rings. The molecule has 0 unspecified atom stereocenters. The van der Waals surface area contributed by atoms with E-state index in [4.69, 9.17) is 4.74 Å². The van der Waals surface area contributed by atoms with E-state index >= 15 is 0 Å². The largest absolute Gasteiger partial charge is 0.455 e. The first-order valence-corrected chi connectivity index (χ1v) is 4.27. The average molecular weight is 178 g/mol. The van der Waals surface area contributed by atoms with Gasteiger partial charge in [-0.25, -0.2) is 0 Å². The summed E-state index contributed by atoms with van der Waals surface area (Å²) in [4.78, 5) is 10.8. The number of carbonyl (C=O) groups excluding carboxylic acids is 1. The second-order valence-electron chi connectivity index (χ2n) is 3.47. The third kappa shape index (κ3) is 2.58. The van der Waals surface area contributed by atoms with Crippen molar-refractivity contribution in [1.82, 2.24) is 0 Å². The summed E-state index contributed by atoms with van der Waals surface area (Å²) in [5.41, 5.74) is 0.470. The molecule has 0 aliphatic heterocycles. The number of hydrogen-bond acceptors (Lipinski definition) is 2. The molecule has 0 heterocycles. The third-order valence-electron chi connectivity index (χ3n) is 1.87. The van der Waals surface area contributed by atoms with E-state index in [0.29, 0.717) is 0 Å². The van der Waals surface area contributed by atoms with Crippen molar-refractivity contribution in [2.45, 2.75) is 26.4 Å². The van der Waals surface area contributed by atoms with Crippen LogP contribution >= 0.6 is 0 Å². The molecule has 0 saturated heterocycles. The van der Waals surface area contributed by atoms with Crippen LogP contribution < -0.4 is 0 Å². The molecule has 1 aromatic carbocycles. The molecular formula is C11H14O2. The van der Waals surface area contributed by atoms with Crippen molar-refractivity contribution in [3.05, 3.63) is 35.9 Å². The Morgan fingerprint density at radius 2 is 1.77 bits per heavy atom. The van der Waals surface area contributed by atoms with Crippen LogP contribution in [-0.4, -0.2) is 5.97 Å². The van der Waals surface area contributed by atoms with Crippen molar-refractivity contribution in [3.8, 4) is 0 Å². The van der Waals surface area contributed by atoms with E-state index < -0.39 is 5.60 Å². The zero-order chi connectivity index (χ0) is 9.90. The third-order valence-corrected chi connectivity index (χ3v) is 1.87. The summed E-state index contributed by atoms with van der Waals surface area (Å²) in [7, 11) is 0. The van der Waals surface area contributed by atoms with Gasteiger partial charge in [0.15, 0.2) is 0 Å². The summed E-state index contributed by atoms with van der Waals surface area (Å²) in [5, 5.41) is 0. The molecule has 0 saturated carbocycles. The molecule has 2 heteroatoms. The second kappa shape index (κ2) is 3.60. The van der Waals surface area contributed by atoms with E-state index in [0.717, 1.165) is 5.56 Å². The number of hydrogen-bond donors (Lipinski definition) is 0. The van der Waals surface area contributed by atoms with E-state index in [1.807, 2.05) is 44.2 Å². The van der Waals surface area contributed by atoms with Crippen molar-refractivity contribution in [3.63, 3.8) is 0 Å². The number of benzene rings is 1. The predicted octanol–water partition coefficient (Wildman–Crippen LogP) is 2.48. The van der Waals surface area contributed by atoms with Crippen molar-refractivity contribution >= 4 is 5.97 Å². The normalized spacial score (nSPS) is 11.0. The lowest BCUT2D eigenvalue weighted by Gasteiger charge is -2.24. The Balaban J connectivity index is 2.87. The van der Waals surface area contributed by atoms with Gasteiger partial charge >= 0.3 is 5.97 Å². The standard InChI is InChI=1S/C11H14O2/c1-9(12)13-11(2,3)10-7-5-4-6-8-10/h4-8H,1-3H3. The zero-order valence-electron chi connectivity index (χ0n) is 8.20. The molecule has 0 spiro atoms. The van der Waals surface area contributed by atoms with E-state index in [9.17, 15) is 4.79 Å². The van der Waals surface area contributed by atoms with Crippen molar-refractivity contribution < 1.29 is 9.53 Å². The minimum absolute atomic E-state index is 0.256. The highest BCUT2D eigenvalue weighted by atomic mass is 16.6. The van der Waals surface area contributed by atoms with Crippen LogP contribution in [0.25, 0.3) is 0 Å². The fraction of sp³-hybridized carbons (Fsp3) is 0.364. The molecule has 0 atom stereocenters. The number of ether oxygens (including phenoxy) is 1. The molecule has 0 fully saturated rings. The molecular weight excluding hydrogens is 164 g/mol. The van der Waals surface area contributed by atoms with E-state index in [1.54, 1.807) is 0 Å². The van der Waals surface area contributed by atoms with Gasteiger partial charge in [0.05, 0.1) is 0 Å². The van der Waals surface area contributed by atoms with Crippen molar-refractivity contribution in [2.24, 2.45) is 0 Å². The first-order chi connectivity index (χ1) is 6.02. The van der Waals surface area contributed by atoms with Gasteiger partial charge in [0.25, 0.3) is 0 Å². The summed E-state index contributed by atoms with van der Waals surface area (Å²) < 4.78 is 5.18. The highest BCUT2D eigenvalue weighted by molar-refractivity contribution is 5.66. The van der Waals surface area contributed by atoms with Gasteiger partial charge in [-0.2, -0.15) is 0 Å². The van der Waals surface area contributed by atoms with Crippen LogP contribution in [0.1, 0.15) is 26.3 Å². The summed E-state index contributed by atoms with van der Waals surface area (Å²) in [6.45, 7) is 5.18. The SMILES string of the molecule is CC(=O)OC(C)(C)c1ccccc1. The lowest BCUT2D eigenvalue weighted by atomic mass is 9.98. The molecule has 0 bridgehead atoms. The molecule has 70 valence electrons. The Morgan fingerprint density at radius 3 is 2.23 bits per heavy atom. The monoisotopic (exact) mass is 178 g/mol. The highest BCUT2D eigenvalue weighted by Crippen LogP contribution is 2.23. The Morgan fingerprint density at radius 1 is 1.23 bits per heavy atom. The van der Waals surface area contributed by atoms with Crippen LogP contribution in [0, 0.1) is 0 Å². The Labute approximate surface area is 78.5 Å². The van der Waals surface area contributed by atoms with Crippen LogP contribution in [0.15, 0.2) is 30.3 Å². The molecule has 2 nitrogen and oxygen atoms in total. The molecule has 0 N–H and O–H groups in total. The molecule has 1 aromatic rings. The predicted molar refractivity (Wildman–Crippen MR) is 51.2 cm³/mol. The summed E-state index contributed by atoms with van der Waals surface area (Å²) >= 11 is 0. The molecule has 0 radical (unpaired) electrons. The number of rotatable bonds is 2. The average Bonchev–Trinajstić information content (AvgIpc) is 2.04. The first kappa shape index (κ1) is 9.78. The number of carbonyl (C=O) groups is 1. The van der Waals surface area contributed by atoms with Crippen LogP contribution in [-0.2, 0) is 15.1 Å². The lowest BCUT2D eigenvalue weighted by Crippen LogP contribution is -2.23. The van der Waals surface area contributed by atoms with Gasteiger partial charge in [0.1, 0.15) is 5.60 Å². The van der Waals surface area contributed by atoms with Gasteiger partial charge in [0, 0.05) is 6.92 Å². The molecule has 0 aliphatic carbocycles. The fourth-order valence-corrected chi connectivity index (χ4v) is 1.26. The Bertz CT molecular complexity index is 288. The summed E-state index contributed by atoms with van der Waals surface area (Å²) in [6, 6.07) is 9.69. The maximum Gasteiger partial charge on any atom is 0.303 e. The minimum Gasteiger partial charge on any atom is -0.455 e. The van der Waals surface area contributed by atoms with Gasteiger partial charge < -0.3 is 4.74 Å². The van der Waals surface area contributed by atoms with E-state index in [1.165, 1.54) is 6.92 Å². The Hall–Kier alpha value is -1.31. The quantitative estimate of drug-likeness (QED) is 0.650. The van der Waals surface area contributed by atoms with Crippen LogP contribution in [0.3, 0.4) is 0 Å². The van der Waals surface area contributed by atoms with Gasteiger partial charge in [-0.05, 0) is 19.4 Å². The minimum atomic E-state index is -0.535. The van der Waals surface area contributed by atoms with Gasteiger partial charge in [-0.15, -0.1) is 0 Å². The highest BCUT2D eigenvalue weighted by Gasteiger charge is 2.22. The Kier molecular flexibility index (Phi) is 2.71. The fourth-order valence-electron chi connectivity index (χ4n) is 1.26. The van der Waals surface area contributed by atoms with E-state index in [-0.39, 0.29) is 5.97 Å². The van der Waals surface area contributed by atoms with E-state index in [2.05, 4.69) is 0 Å². The maximum absolute atomic E-state index is 10.8. The van der Waals surface area contributed by atoms with Gasteiger partial charge in [-0.1, -0.05) is 30.3 Å². The summed E-state index contributed by atoms with van der Waals surface area (Å²) in [6.07, 6.45) is 0. The number of esters is 1. The van der Waals surface area contributed by atoms with Gasteiger partial charge in [-0.3, -0.25) is 4.79 Å². The van der Waals surface area contributed by atoms with Crippen LogP contribution in [0.2, 0.25) is 0 Å². The molecule has 0 amide bonds. The van der Waals surface area contributed by atoms with Gasteiger partial charge in [0.2, 0.25) is 0 Å². The molecule has 0 aromatic heterocycles. The maximum atomic E-state index is 10.8. The smallest absolute Gasteiger partial charge is 0.303 e. The first-order valence-electron chi connectivity index (χ1n) is 4.27. The lowest BCUT2D eigenvalue weighted by molar-refractivity contribution is -0.154. The topological polar surface area (TPSA) is 26.3 Å². The van der Waals surface area contributed by atoms with Crippen LogP contribution in [0.4, 0.5) is 0 Å².